The van der Waals surface area contributed by atoms with Crippen molar-refractivity contribution in [2.75, 3.05) is 0 Å². The van der Waals surface area contributed by atoms with Crippen molar-refractivity contribution in [1.29, 1.82) is 0 Å². The molecule has 0 unspecified atom stereocenters. The van der Waals surface area contributed by atoms with Crippen molar-refractivity contribution in [2.24, 2.45) is 0 Å². The molecule has 0 atom stereocenters. The molecule has 0 aromatic carbocycles. The van der Waals surface area contributed by atoms with Crippen molar-refractivity contribution in [1.82, 2.24) is 19.9 Å². The van der Waals surface area contributed by atoms with Gasteiger partial charge in [0.15, 0.2) is 0 Å². The Kier molecular flexibility index (Phi) is 4.63. The summed E-state index contributed by atoms with van der Waals surface area (Å²) < 4.78 is 0. The SMILES string of the molecule is CC(C)N(Cc1ccccn1)C(=O)c1cnc(Cl)cn1. The van der Waals surface area contributed by atoms with E-state index in [2.05, 4.69) is 15.0 Å². The largest absolute Gasteiger partial charge is 0.329 e. The average Bonchev–Trinajstić information content (AvgIpc) is 2.45. The topological polar surface area (TPSA) is 59.0 Å². The number of nitrogens with zero attached hydrogens (tertiary/aromatic N) is 4. The number of halogens is 1. The molecule has 0 saturated carbocycles. The molecule has 2 heterocycles. The van der Waals surface area contributed by atoms with Crippen LogP contribution in [0.3, 0.4) is 0 Å². The Bertz CT molecular complexity index is 571. The van der Waals surface area contributed by atoms with Crippen LogP contribution < -0.4 is 0 Å². The van der Waals surface area contributed by atoms with Gasteiger partial charge in [0.1, 0.15) is 10.8 Å². The molecule has 0 spiro atoms. The highest BCUT2D eigenvalue weighted by atomic mass is 35.5. The molecular weight excluding hydrogens is 276 g/mol. The maximum atomic E-state index is 12.5. The summed E-state index contributed by atoms with van der Waals surface area (Å²) in [6, 6.07) is 5.65. The van der Waals surface area contributed by atoms with Gasteiger partial charge >= 0.3 is 0 Å². The van der Waals surface area contributed by atoms with E-state index in [0.29, 0.717) is 6.54 Å². The molecule has 2 aromatic heterocycles. The number of carbonyl (C=O) groups excluding carboxylic acids is 1. The van der Waals surface area contributed by atoms with Gasteiger partial charge in [-0.15, -0.1) is 0 Å². The summed E-state index contributed by atoms with van der Waals surface area (Å²) >= 11 is 5.68. The number of amides is 1. The quantitative estimate of drug-likeness (QED) is 0.868. The first-order chi connectivity index (χ1) is 9.58. The summed E-state index contributed by atoms with van der Waals surface area (Å²) in [5.74, 6) is -0.185. The molecule has 5 nitrogen and oxygen atoms in total. The zero-order valence-electron chi connectivity index (χ0n) is 11.3. The van der Waals surface area contributed by atoms with Gasteiger partial charge in [0, 0.05) is 12.2 Å². The molecule has 0 fully saturated rings. The molecule has 6 heteroatoms. The number of hydrogen-bond acceptors (Lipinski definition) is 4. The van der Waals surface area contributed by atoms with Gasteiger partial charge in [0.05, 0.1) is 24.6 Å². The Labute approximate surface area is 122 Å². The van der Waals surface area contributed by atoms with E-state index < -0.39 is 0 Å². The monoisotopic (exact) mass is 290 g/mol. The smallest absolute Gasteiger partial charge is 0.274 e. The fourth-order valence-corrected chi connectivity index (χ4v) is 1.82. The maximum Gasteiger partial charge on any atom is 0.274 e. The molecule has 0 N–H and O–H groups in total. The zero-order valence-corrected chi connectivity index (χ0v) is 12.1. The van der Waals surface area contributed by atoms with Crippen molar-refractivity contribution >= 4 is 17.5 Å². The van der Waals surface area contributed by atoms with Crippen LogP contribution in [-0.4, -0.2) is 31.8 Å². The second-order valence-electron chi connectivity index (χ2n) is 4.57. The van der Waals surface area contributed by atoms with Crippen molar-refractivity contribution in [3.05, 3.63) is 53.3 Å². The van der Waals surface area contributed by atoms with Crippen LogP contribution in [0, 0.1) is 0 Å². The Morgan fingerprint density at radius 1 is 1.25 bits per heavy atom. The lowest BCUT2D eigenvalue weighted by Gasteiger charge is -2.26. The van der Waals surface area contributed by atoms with Gasteiger partial charge in [0.2, 0.25) is 0 Å². The third-order valence-electron chi connectivity index (χ3n) is 2.78. The van der Waals surface area contributed by atoms with Gasteiger partial charge in [-0.1, -0.05) is 17.7 Å². The number of pyridine rings is 1. The molecule has 104 valence electrons. The van der Waals surface area contributed by atoms with Crippen LogP contribution in [0.4, 0.5) is 0 Å². The highest BCUT2D eigenvalue weighted by Crippen LogP contribution is 2.11. The van der Waals surface area contributed by atoms with Crippen LogP contribution in [0.15, 0.2) is 36.8 Å². The highest BCUT2D eigenvalue weighted by molar-refractivity contribution is 6.29. The summed E-state index contributed by atoms with van der Waals surface area (Å²) in [6.07, 6.45) is 4.47. The van der Waals surface area contributed by atoms with Crippen LogP contribution in [0.5, 0.6) is 0 Å². The molecule has 0 saturated heterocycles. The number of hydrogen-bond donors (Lipinski definition) is 0. The van der Waals surface area contributed by atoms with Crippen LogP contribution in [0.25, 0.3) is 0 Å². The first kappa shape index (κ1) is 14.4. The van der Waals surface area contributed by atoms with Gasteiger partial charge in [-0.25, -0.2) is 9.97 Å². The van der Waals surface area contributed by atoms with E-state index in [0.717, 1.165) is 5.69 Å². The van der Waals surface area contributed by atoms with Gasteiger partial charge in [-0.2, -0.15) is 0 Å². The Morgan fingerprint density at radius 2 is 2.05 bits per heavy atom. The molecular formula is C14H15ClN4O. The third-order valence-corrected chi connectivity index (χ3v) is 2.98. The fourth-order valence-electron chi connectivity index (χ4n) is 1.72. The minimum absolute atomic E-state index is 0.0296. The second-order valence-corrected chi connectivity index (χ2v) is 4.96. The fraction of sp³-hybridized carbons (Fsp3) is 0.286. The van der Waals surface area contributed by atoms with Crippen molar-refractivity contribution in [3.8, 4) is 0 Å². The zero-order chi connectivity index (χ0) is 14.5. The van der Waals surface area contributed by atoms with E-state index in [1.54, 1.807) is 11.1 Å². The molecule has 1 amide bonds. The van der Waals surface area contributed by atoms with Crippen molar-refractivity contribution < 1.29 is 4.79 Å². The minimum atomic E-state index is -0.185. The minimum Gasteiger partial charge on any atom is -0.329 e. The van der Waals surface area contributed by atoms with Crippen molar-refractivity contribution in [2.45, 2.75) is 26.4 Å². The van der Waals surface area contributed by atoms with Crippen molar-refractivity contribution in [3.63, 3.8) is 0 Å². The van der Waals surface area contributed by atoms with E-state index in [4.69, 9.17) is 11.6 Å². The standard InChI is InChI=1S/C14H15ClN4O/c1-10(2)19(9-11-5-3-4-6-16-11)14(20)12-7-18-13(15)8-17-12/h3-8,10H,9H2,1-2H3. The normalized spacial score (nSPS) is 10.6. The molecule has 2 rings (SSSR count). The number of carbonyl (C=O) groups is 1. The molecule has 0 aliphatic carbocycles. The maximum absolute atomic E-state index is 12.5. The van der Waals surface area contributed by atoms with Gasteiger partial charge in [-0.3, -0.25) is 9.78 Å². The van der Waals surface area contributed by atoms with Crippen LogP contribution in [-0.2, 0) is 6.54 Å². The lowest BCUT2D eigenvalue weighted by atomic mass is 10.2. The predicted octanol–water partition coefficient (Wildman–Crippen LogP) is 2.58. The predicted molar refractivity (Wildman–Crippen MR) is 76.3 cm³/mol. The van der Waals surface area contributed by atoms with E-state index in [9.17, 15) is 4.79 Å². The van der Waals surface area contributed by atoms with Gasteiger partial charge in [-0.05, 0) is 26.0 Å². The Hall–Kier alpha value is -2.01. The lowest BCUT2D eigenvalue weighted by molar-refractivity contribution is 0.0681. The third kappa shape index (κ3) is 3.51. The number of aromatic nitrogens is 3. The first-order valence-corrected chi connectivity index (χ1v) is 6.64. The summed E-state index contributed by atoms with van der Waals surface area (Å²) in [7, 11) is 0. The van der Waals surface area contributed by atoms with Gasteiger partial charge in [0.25, 0.3) is 5.91 Å². The van der Waals surface area contributed by atoms with E-state index in [1.807, 2.05) is 32.0 Å². The van der Waals surface area contributed by atoms with Crippen LogP contribution >= 0.6 is 11.6 Å². The van der Waals surface area contributed by atoms with E-state index >= 15 is 0 Å². The lowest BCUT2D eigenvalue weighted by Crippen LogP contribution is -2.37. The first-order valence-electron chi connectivity index (χ1n) is 6.26. The highest BCUT2D eigenvalue weighted by Gasteiger charge is 2.20. The van der Waals surface area contributed by atoms with Crippen LogP contribution in [0.1, 0.15) is 30.0 Å². The molecule has 0 aliphatic heterocycles. The molecule has 0 radical (unpaired) electrons. The molecule has 0 bridgehead atoms. The van der Waals surface area contributed by atoms with Gasteiger partial charge < -0.3 is 4.90 Å². The average molecular weight is 291 g/mol. The summed E-state index contributed by atoms with van der Waals surface area (Å²) in [5, 5.41) is 0.266. The Balaban J connectivity index is 2.20. The number of rotatable bonds is 4. The van der Waals surface area contributed by atoms with Crippen LogP contribution in [0.2, 0.25) is 5.15 Å². The molecule has 2 aromatic rings. The Morgan fingerprint density at radius 3 is 2.60 bits per heavy atom. The van der Waals surface area contributed by atoms with E-state index in [-0.39, 0.29) is 22.8 Å². The summed E-state index contributed by atoms with van der Waals surface area (Å²) in [6.45, 7) is 4.33. The van der Waals surface area contributed by atoms with E-state index in [1.165, 1.54) is 12.4 Å². The summed E-state index contributed by atoms with van der Waals surface area (Å²) in [4.78, 5) is 26.3. The second kappa shape index (κ2) is 6.43. The molecule has 20 heavy (non-hydrogen) atoms. The molecule has 0 aliphatic rings. The summed E-state index contributed by atoms with van der Waals surface area (Å²) in [5.41, 5.74) is 1.11.